The molecule has 0 aliphatic heterocycles. The lowest BCUT2D eigenvalue weighted by Crippen LogP contribution is -2.23. The van der Waals surface area contributed by atoms with Crippen LogP contribution >= 0.6 is 12.6 Å². The van der Waals surface area contributed by atoms with Gasteiger partial charge in [-0.05, 0) is 32.4 Å². The lowest BCUT2D eigenvalue weighted by Gasteiger charge is -2.20. The van der Waals surface area contributed by atoms with E-state index in [0.29, 0.717) is 0 Å². The first-order chi connectivity index (χ1) is 6.40. The number of rotatable bonds is 3. The minimum Gasteiger partial charge on any atom is -0.397 e. The molecule has 78 valence electrons. The topological polar surface area (TPSA) is 38.0 Å². The lowest BCUT2D eigenvalue weighted by molar-refractivity contribution is 0.758. The van der Waals surface area contributed by atoms with Crippen molar-refractivity contribution in [1.82, 2.24) is 0 Å². The first-order valence-electron chi connectivity index (χ1n) is 4.71. The standard InChI is InChI=1S/C11H18N2S/c1-8-5-4-6-9(10(8)12)13-7-11(2,3)14/h4-6,13-14H,7,12H2,1-3H3. The number of hydrogen-bond acceptors (Lipinski definition) is 3. The van der Waals surface area contributed by atoms with Crippen LogP contribution < -0.4 is 11.1 Å². The fourth-order valence-electron chi connectivity index (χ4n) is 1.15. The fraction of sp³-hybridized carbons (Fsp3) is 0.455. The van der Waals surface area contributed by atoms with Crippen LogP contribution in [0.4, 0.5) is 11.4 Å². The molecule has 0 bridgehead atoms. The van der Waals surface area contributed by atoms with E-state index in [4.69, 9.17) is 5.73 Å². The van der Waals surface area contributed by atoms with Crippen LogP contribution in [0.3, 0.4) is 0 Å². The number of anilines is 2. The third kappa shape index (κ3) is 3.14. The molecule has 0 saturated heterocycles. The fourth-order valence-corrected chi connectivity index (χ4v) is 1.23. The summed E-state index contributed by atoms with van der Waals surface area (Å²) in [5.41, 5.74) is 8.85. The van der Waals surface area contributed by atoms with Crippen LogP contribution in [0.15, 0.2) is 18.2 Å². The van der Waals surface area contributed by atoms with E-state index in [1.54, 1.807) is 0 Å². The maximum Gasteiger partial charge on any atom is 0.0579 e. The Morgan fingerprint density at radius 3 is 2.64 bits per heavy atom. The second-order valence-electron chi connectivity index (χ2n) is 4.20. The number of hydrogen-bond donors (Lipinski definition) is 3. The van der Waals surface area contributed by atoms with E-state index in [1.165, 1.54) is 0 Å². The van der Waals surface area contributed by atoms with Gasteiger partial charge in [-0.2, -0.15) is 12.6 Å². The lowest BCUT2D eigenvalue weighted by atomic mass is 10.1. The van der Waals surface area contributed by atoms with E-state index >= 15 is 0 Å². The Kier molecular flexibility index (Phi) is 3.32. The summed E-state index contributed by atoms with van der Waals surface area (Å²) in [6.45, 7) is 6.93. The molecule has 0 amide bonds. The third-order valence-electron chi connectivity index (χ3n) is 2.04. The smallest absolute Gasteiger partial charge is 0.0579 e. The molecule has 3 N–H and O–H groups in total. The van der Waals surface area contributed by atoms with Crippen molar-refractivity contribution >= 4 is 24.0 Å². The molecule has 1 rings (SSSR count). The molecule has 14 heavy (non-hydrogen) atoms. The van der Waals surface area contributed by atoms with Crippen molar-refractivity contribution < 1.29 is 0 Å². The van der Waals surface area contributed by atoms with E-state index in [2.05, 4.69) is 31.8 Å². The molecular weight excluding hydrogens is 192 g/mol. The molecule has 0 heterocycles. The summed E-state index contributed by atoms with van der Waals surface area (Å²) in [4.78, 5) is 0. The van der Waals surface area contributed by atoms with Gasteiger partial charge in [0, 0.05) is 11.3 Å². The summed E-state index contributed by atoms with van der Waals surface area (Å²) in [5, 5.41) is 3.29. The highest BCUT2D eigenvalue weighted by Crippen LogP contribution is 2.23. The SMILES string of the molecule is Cc1cccc(NCC(C)(C)S)c1N. The zero-order chi connectivity index (χ0) is 10.8. The first kappa shape index (κ1) is 11.2. The highest BCUT2D eigenvalue weighted by molar-refractivity contribution is 7.81. The van der Waals surface area contributed by atoms with Crippen LogP contribution in [0.5, 0.6) is 0 Å². The van der Waals surface area contributed by atoms with Gasteiger partial charge in [-0.25, -0.2) is 0 Å². The van der Waals surface area contributed by atoms with Crippen molar-refractivity contribution in [3.05, 3.63) is 23.8 Å². The quantitative estimate of drug-likeness (QED) is 0.530. The third-order valence-corrected chi connectivity index (χ3v) is 2.19. The van der Waals surface area contributed by atoms with Gasteiger partial charge in [0.2, 0.25) is 0 Å². The highest BCUT2D eigenvalue weighted by Gasteiger charge is 2.11. The number of nitrogens with one attached hydrogen (secondary N) is 1. The minimum atomic E-state index is -0.0316. The van der Waals surface area contributed by atoms with Crippen molar-refractivity contribution in [2.45, 2.75) is 25.5 Å². The molecule has 0 unspecified atom stereocenters. The molecule has 0 aliphatic carbocycles. The molecule has 3 heteroatoms. The summed E-state index contributed by atoms with van der Waals surface area (Å²) in [5.74, 6) is 0. The number of aryl methyl sites for hydroxylation is 1. The predicted octanol–water partition coefficient (Wildman–Crippen LogP) is 2.70. The van der Waals surface area contributed by atoms with Gasteiger partial charge in [0.1, 0.15) is 0 Å². The van der Waals surface area contributed by atoms with Crippen molar-refractivity contribution in [3.63, 3.8) is 0 Å². The maximum absolute atomic E-state index is 5.92. The van der Waals surface area contributed by atoms with Crippen LogP contribution in [0.2, 0.25) is 0 Å². The molecule has 2 nitrogen and oxygen atoms in total. The van der Waals surface area contributed by atoms with Crippen LogP contribution in [0.1, 0.15) is 19.4 Å². The summed E-state index contributed by atoms with van der Waals surface area (Å²) in [6.07, 6.45) is 0. The molecule has 1 aromatic carbocycles. The molecular formula is C11H18N2S. The molecule has 0 fully saturated rings. The number of para-hydroxylation sites is 1. The van der Waals surface area contributed by atoms with E-state index in [0.717, 1.165) is 23.5 Å². The second-order valence-corrected chi connectivity index (χ2v) is 5.41. The number of benzene rings is 1. The van der Waals surface area contributed by atoms with Gasteiger partial charge in [-0.15, -0.1) is 0 Å². The van der Waals surface area contributed by atoms with E-state index < -0.39 is 0 Å². The summed E-state index contributed by atoms with van der Waals surface area (Å²) < 4.78 is -0.0316. The molecule has 0 saturated carbocycles. The van der Waals surface area contributed by atoms with Gasteiger partial charge in [0.15, 0.2) is 0 Å². The summed E-state index contributed by atoms with van der Waals surface area (Å²) in [6, 6.07) is 5.99. The Morgan fingerprint density at radius 2 is 2.07 bits per heavy atom. The van der Waals surface area contributed by atoms with Gasteiger partial charge in [-0.3, -0.25) is 0 Å². The molecule has 0 spiro atoms. The Balaban J connectivity index is 2.73. The average molecular weight is 210 g/mol. The molecule has 0 atom stereocenters. The number of nitrogens with two attached hydrogens (primary N) is 1. The van der Waals surface area contributed by atoms with Crippen molar-refractivity contribution in [2.75, 3.05) is 17.6 Å². The van der Waals surface area contributed by atoms with Crippen LogP contribution in [-0.4, -0.2) is 11.3 Å². The van der Waals surface area contributed by atoms with Gasteiger partial charge >= 0.3 is 0 Å². The zero-order valence-electron chi connectivity index (χ0n) is 8.96. The van der Waals surface area contributed by atoms with Crippen LogP contribution in [-0.2, 0) is 0 Å². The molecule has 1 aromatic rings. The molecule has 0 radical (unpaired) electrons. The monoisotopic (exact) mass is 210 g/mol. The first-order valence-corrected chi connectivity index (χ1v) is 5.16. The van der Waals surface area contributed by atoms with E-state index in [9.17, 15) is 0 Å². The van der Waals surface area contributed by atoms with E-state index in [1.807, 2.05) is 25.1 Å². The van der Waals surface area contributed by atoms with Crippen molar-refractivity contribution in [2.24, 2.45) is 0 Å². The number of nitrogen functional groups attached to an aromatic ring is 1. The van der Waals surface area contributed by atoms with Gasteiger partial charge in [0.05, 0.1) is 11.4 Å². The summed E-state index contributed by atoms with van der Waals surface area (Å²) in [7, 11) is 0. The Bertz CT molecular complexity index is 316. The van der Waals surface area contributed by atoms with E-state index in [-0.39, 0.29) is 4.75 Å². The highest BCUT2D eigenvalue weighted by atomic mass is 32.1. The van der Waals surface area contributed by atoms with Crippen molar-refractivity contribution in [1.29, 1.82) is 0 Å². The second kappa shape index (κ2) is 4.13. The average Bonchev–Trinajstić information content (AvgIpc) is 2.06. The summed E-state index contributed by atoms with van der Waals surface area (Å²) >= 11 is 4.44. The number of thiol groups is 1. The zero-order valence-corrected chi connectivity index (χ0v) is 9.86. The van der Waals surface area contributed by atoms with Crippen LogP contribution in [0.25, 0.3) is 0 Å². The molecule has 0 aromatic heterocycles. The predicted molar refractivity (Wildman–Crippen MR) is 67.1 cm³/mol. The van der Waals surface area contributed by atoms with Crippen LogP contribution in [0, 0.1) is 6.92 Å². The maximum atomic E-state index is 5.92. The minimum absolute atomic E-state index is 0.0316. The normalized spacial score (nSPS) is 11.4. The van der Waals surface area contributed by atoms with Gasteiger partial charge in [0.25, 0.3) is 0 Å². The molecule has 0 aliphatic rings. The Morgan fingerprint density at radius 1 is 1.43 bits per heavy atom. The Hall–Kier alpha value is -0.830. The van der Waals surface area contributed by atoms with Crippen molar-refractivity contribution in [3.8, 4) is 0 Å². The van der Waals surface area contributed by atoms with Gasteiger partial charge < -0.3 is 11.1 Å². The van der Waals surface area contributed by atoms with Gasteiger partial charge in [-0.1, -0.05) is 12.1 Å². The largest absolute Gasteiger partial charge is 0.397 e. The Labute approximate surface area is 91.3 Å².